The molecule has 0 spiro atoms. The molecule has 2 aromatic heterocycles. The fourth-order valence-electron chi connectivity index (χ4n) is 4.10. The van der Waals surface area contributed by atoms with E-state index >= 15 is 0 Å². The summed E-state index contributed by atoms with van der Waals surface area (Å²) in [5.74, 6) is 1.55. The Labute approximate surface area is 165 Å². The quantitative estimate of drug-likeness (QED) is 0.741. The van der Waals surface area contributed by atoms with Crippen LogP contribution in [0.1, 0.15) is 29.8 Å². The van der Waals surface area contributed by atoms with Crippen molar-refractivity contribution in [1.29, 1.82) is 0 Å². The molecule has 6 nitrogen and oxygen atoms in total. The van der Waals surface area contributed by atoms with Gasteiger partial charge in [-0.05, 0) is 62.9 Å². The van der Waals surface area contributed by atoms with Gasteiger partial charge < -0.3 is 5.32 Å². The Morgan fingerprint density at radius 3 is 2.96 bits per heavy atom. The lowest BCUT2D eigenvalue weighted by molar-refractivity contribution is -0.117. The molecule has 1 fully saturated rings. The Kier molecular flexibility index (Phi) is 5.39. The number of likely N-dealkylation sites (tertiary alicyclic amines) is 1. The maximum absolute atomic E-state index is 12.5. The van der Waals surface area contributed by atoms with Crippen molar-refractivity contribution in [2.75, 3.05) is 25.0 Å². The Bertz CT molecular complexity index is 980. The summed E-state index contributed by atoms with van der Waals surface area (Å²) in [6, 6.07) is 12.1. The number of nitrogens with zero attached hydrogens (tertiary/aromatic N) is 4. The summed E-state index contributed by atoms with van der Waals surface area (Å²) in [5.41, 5.74) is 4.09. The second kappa shape index (κ2) is 8.10. The number of pyridine rings is 1. The van der Waals surface area contributed by atoms with E-state index in [0.29, 0.717) is 12.5 Å². The molecule has 0 aliphatic carbocycles. The maximum Gasteiger partial charge on any atom is 0.238 e. The highest BCUT2D eigenvalue weighted by molar-refractivity contribution is 5.93. The van der Waals surface area contributed by atoms with E-state index in [1.807, 2.05) is 43.5 Å². The summed E-state index contributed by atoms with van der Waals surface area (Å²) >= 11 is 0. The number of aromatic nitrogens is 3. The maximum atomic E-state index is 12.5. The number of carbonyl (C=O) groups is 1. The summed E-state index contributed by atoms with van der Waals surface area (Å²) in [4.78, 5) is 14.8. The van der Waals surface area contributed by atoms with Crippen LogP contribution >= 0.6 is 0 Å². The molecule has 146 valence electrons. The molecule has 1 unspecified atom stereocenters. The van der Waals surface area contributed by atoms with E-state index in [1.165, 1.54) is 5.56 Å². The van der Waals surface area contributed by atoms with Crippen LogP contribution in [0.4, 0.5) is 5.69 Å². The van der Waals surface area contributed by atoms with Gasteiger partial charge in [0, 0.05) is 24.8 Å². The molecule has 0 radical (unpaired) electrons. The molecular weight excluding hydrogens is 350 g/mol. The number of benzene rings is 1. The highest BCUT2D eigenvalue weighted by atomic mass is 16.2. The van der Waals surface area contributed by atoms with Gasteiger partial charge in [-0.3, -0.25) is 14.1 Å². The van der Waals surface area contributed by atoms with Crippen LogP contribution in [0, 0.1) is 19.8 Å². The van der Waals surface area contributed by atoms with Gasteiger partial charge in [0.25, 0.3) is 0 Å². The van der Waals surface area contributed by atoms with Crippen LogP contribution in [0.2, 0.25) is 0 Å². The number of amides is 1. The summed E-state index contributed by atoms with van der Waals surface area (Å²) in [6.45, 7) is 6.41. The number of hydrogen-bond acceptors (Lipinski definition) is 4. The van der Waals surface area contributed by atoms with Crippen LogP contribution in [0.25, 0.3) is 5.65 Å². The Morgan fingerprint density at radius 1 is 1.21 bits per heavy atom. The first-order valence-electron chi connectivity index (χ1n) is 9.96. The first-order chi connectivity index (χ1) is 13.6. The molecule has 0 bridgehead atoms. The zero-order valence-electron chi connectivity index (χ0n) is 16.6. The highest BCUT2D eigenvalue weighted by Gasteiger charge is 2.23. The SMILES string of the molecule is Cc1ccc(NC(=O)CN2CCCC(Cc3nnc4ccccn34)C2)c(C)c1. The third-order valence-corrected chi connectivity index (χ3v) is 5.48. The monoisotopic (exact) mass is 377 g/mol. The van der Waals surface area contributed by atoms with Crippen molar-refractivity contribution in [3.8, 4) is 0 Å². The van der Waals surface area contributed by atoms with E-state index in [0.717, 1.165) is 55.1 Å². The Hall–Kier alpha value is -2.73. The minimum absolute atomic E-state index is 0.0560. The molecule has 1 atom stereocenters. The number of nitrogens with one attached hydrogen (secondary N) is 1. The second-order valence-corrected chi connectivity index (χ2v) is 7.86. The van der Waals surface area contributed by atoms with E-state index in [9.17, 15) is 4.79 Å². The molecular formula is C22H27N5O. The van der Waals surface area contributed by atoms with Gasteiger partial charge in [-0.1, -0.05) is 23.8 Å². The van der Waals surface area contributed by atoms with Gasteiger partial charge >= 0.3 is 0 Å². The van der Waals surface area contributed by atoms with Crippen molar-refractivity contribution in [3.63, 3.8) is 0 Å². The molecule has 3 heterocycles. The lowest BCUT2D eigenvalue weighted by atomic mass is 9.94. The van der Waals surface area contributed by atoms with Gasteiger partial charge in [-0.15, -0.1) is 10.2 Å². The van der Waals surface area contributed by atoms with E-state index in [4.69, 9.17) is 0 Å². The van der Waals surface area contributed by atoms with E-state index < -0.39 is 0 Å². The lowest BCUT2D eigenvalue weighted by Gasteiger charge is -2.32. The number of piperidine rings is 1. The van der Waals surface area contributed by atoms with Gasteiger partial charge in [-0.25, -0.2) is 0 Å². The van der Waals surface area contributed by atoms with Crippen molar-refractivity contribution in [3.05, 3.63) is 59.5 Å². The molecule has 0 saturated carbocycles. The Balaban J connectivity index is 1.35. The number of anilines is 1. The van der Waals surface area contributed by atoms with Crippen molar-refractivity contribution in [2.45, 2.75) is 33.1 Å². The molecule has 1 aromatic carbocycles. The van der Waals surface area contributed by atoms with Gasteiger partial charge in [0.15, 0.2) is 5.65 Å². The van der Waals surface area contributed by atoms with Crippen LogP contribution in [-0.4, -0.2) is 45.0 Å². The fraction of sp³-hybridized carbons (Fsp3) is 0.409. The molecule has 6 heteroatoms. The summed E-state index contributed by atoms with van der Waals surface area (Å²) in [6.07, 6.45) is 5.18. The van der Waals surface area contributed by atoms with Gasteiger partial charge in [0.05, 0.1) is 6.54 Å². The standard InChI is InChI=1S/C22H27N5O/c1-16-8-9-19(17(2)12-16)23-22(28)15-26-10-5-6-18(14-26)13-21-25-24-20-7-3-4-11-27(20)21/h3-4,7-9,11-12,18H,5-6,10,13-15H2,1-2H3,(H,23,28). The third kappa shape index (κ3) is 4.22. The Morgan fingerprint density at radius 2 is 2.11 bits per heavy atom. The molecule has 1 saturated heterocycles. The minimum Gasteiger partial charge on any atom is -0.325 e. The average molecular weight is 377 g/mol. The van der Waals surface area contributed by atoms with Gasteiger partial charge in [-0.2, -0.15) is 0 Å². The lowest BCUT2D eigenvalue weighted by Crippen LogP contribution is -2.41. The summed E-state index contributed by atoms with van der Waals surface area (Å²) < 4.78 is 2.06. The topological polar surface area (TPSA) is 62.5 Å². The van der Waals surface area contributed by atoms with Crippen LogP contribution < -0.4 is 5.32 Å². The molecule has 1 N–H and O–H groups in total. The number of hydrogen-bond donors (Lipinski definition) is 1. The zero-order valence-corrected chi connectivity index (χ0v) is 16.6. The summed E-state index contributed by atoms with van der Waals surface area (Å²) in [7, 11) is 0. The largest absolute Gasteiger partial charge is 0.325 e. The van der Waals surface area contributed by atoms with Crippen molar-refractivity contribution >= 4 is 17.2 Å². The molecule has 1 aliphatic rings. The van der Waals surface area contributed by atoms with Crippen LogP contribution in [-0.2, 0) is 11.2 Å². The van der Waals surface area contributed by atoms with E-state index in [1.54, 1.807) is 0 Å². The van der Waals surface area contributed by atoms with Gasteiger partial charge in [0.2, 0.25) is 5.91 Å². The van der Waals surface area contributed by atoms with E-state index in [2.05, 4.69) is 37.8 Å². The third-order valence-electron chi connectivity index (χ3n) is 5.48. The van der Waals surface area contributed by atoms with Gasteiger partial charge in [0.1, 0.15) is 5.82 Å². The number of rotatable bonds is 5. The smallest absolute Gasteiger partial charge is 0.238 e. The minimum atomic E-state index is 0.0560. The number of carbonyl (C=O) groups excluding carboxylic acids is 1. The van der Waals surface area contributed by atoms with Crippen molar-refractivity contribution < 1.29 is 4.79 Å². The predicted molar refractivity (Wildman–Crippen MR) is 110 cm³/mol. The fourth-order valence-corrected chi connectivity index (χ4v) is 4.10. The average Bonchev–Trinajstić information content (AvgIpc) is 3.07. The first-order valence-corrected chi connectivity index (χ1v) is 9.96. The molecule has 3 aromatic rings. The number of fused-ring (bicyclic) bond motifs is 1. The normalized spacial score (nSPS) is 17.7. The van der Waals surface area contributed by atoms with Crippen molar-refractivity contribution in [1.82, 2.24) is 19.5 Å². The molecule has 4 rings (SSSR count). The molecule has 1 aliphatic heterocycles. The molecule has 28 heavy (non-hydrogen) atoms. The van der Waals surface area contributed by atoms with Crippen LogP contribution in [0.5, 0.6) is 0 Å². The molecule has 1 amide bonds. The van der Waals surface area contributed by atoms with Crippen LogP contribution in [0.15, 0.2) is 42.6 Å². The van der Waals surface area contributed by atoms with Crippen molar-refractivity contribution in [2.24, 2.45) is 5.92 Å². The zero-order chi connectivity index (χ0) is 19.5. The highest BCUT2D eigenvalue weighted by Crippen LogP contribution is 2.21. The second-order valence-electron chi connectivity index (χ2n) is 7.86. The first kappa shape index (κ1) is 18.6. The van der Waals surface area contributed by atoms with E-state index in [-0.39, 0.29) is 5.91 Å². The summed E-state index contributed by atoms with van der Waals surface area (Å²) in [5, 5.41) is 11.7. The predicted octanol–water partition coefficient (Wildman–Crippen LogP) is 3.24. The van der Waals surface area contributed by atoms with Crippen LogP contribution in [0.3, 0.4) is 0 Å². The number of aryl methyl sites for hydroxylation is 2.